The standard InChI is InChI=1S/C16H13N5O2/c1-9-3-2-6-21-13(8-17-15(9)21)16(23)18-14-11-5-4-10(22)7-12(11)19-20-14/h2-8,22H,1H3,(H2,18,19,20,23). The van der Waals surface area contributed by atoms with Crippen molar-refractivity contribution in [1.82, 2.24) is 19.6 Å². The molecule has 0 aliphatic heterocycles. The molecular formula is C16H13N5O2. The van der Waals surface area contributed by atoms with E-state index in [9.17, 15) is 9.90 Å². The summed E-state index contributed by atoms with van der Waals surface area (Å²) in [5.74, 6) is 0.244. The second kappa shape index (κ2) is 4.84. The fraction of sp³-hybridized carbons (Fsp3) is 0.0625. The lowest BCUT2D eigenvalue weighted by Gasteiger charge is -2.03. The smallest absolute Gasteiger partial charge is 0.275 e. The van der Waals surface area contributed by atoms with Crippen LogP contribution in [0.3, 0.4) is 0 Å². The van der Waals surface area contributed by atoms with Gasteiger partial charge in [-0.2, -0.15) is 5.10 Å². The van der Waals surface area contributed by atoms with Gasteiger partial charge in [0.2, 0.25) is 0 Å². The lowest BCUT2D eigenvalue weighted by molar-refractivity contribution is 0.102. The van der Waals surface area contributed by atoms with E-state index in [1.54, 1.807) is 35.0 Å². The number of fused-ring (bicyclic) bond motifs is 2. The van der Waals surface area contributed by atoms with E-state index in [2.05, 4.69) is 20.5 Å². The number of imidazole rings is 1. The number of aromatic nitrogens is 4. The van der Waals surface area contributed by atoms with Crippen LogP contribution in [0.5, 0.6) is 5.75 Å². The van der Waals surface area contributed by atoms with Crippen LogP contribution in [0.1, 0.15) is 16.1 Å². The number of hydrogen-bond acceptors (Lipinski definition) is 4. The number of nitrogens with zero attached hydrogens (tertiary/aromatic N) is 3. The molecule has 0 aliphatic rings. The Kier molecular flexibility index (Phi) is 2.80. The van der Waals surface area contributed by atoms with E-state index in [0.29, 0.717) is 17.0 Å². The summed E-state index contributed by atoms with van der Waals surface area (Å²) in [5, 5.41) is 19.8. The first-order valence-corrected chi connectivity index (χ1v) is 7.04. The molecule has 0 saturated heterocycles. The minimum absolute atomic E-state index is 0.135. The predicted octanol–water partition coefficient (Wildman–Crippen LogP) is 2.48. The van der Waals surface area contributed by atoms with Gasteiger partial charge in [-0.1, -0.05) is 6.07 Å². The largest absolute Gasteiger partial charge is 0.508 e. The van der Waals surface area contributed by atoms with Crippen molar-refractivity contribution in [1.29, 1.82) is 0 Å². The molecule has 0 aliphatic carbocycles. The van der Waals surface area contributed by atoms with E-state index in [0.717, 1.165) is 16.6 Å². The molecule has 3 aromatic heterocycles. The van der Waals surface area contributed by atoms with Crippen LogP contribution in [0.25, 0.3) is 16.6 Å². The molecule has 0 saturated carbocycles. The topological polar surface area (TPSA) is 95.3 Å². The number of carbonyl (C=O) groups excluding carboxylic acids is 1. The Morgan fingerprint density at radius 2 is 2.22 bits per heavy atom. The molecule has 4 rings (SSSR count). The molecule has 0 bridgehead atoms. The van der Waals surface area contributed by atoms with Crippen molar-refractivity contribution in [2.45, 2.75) is 6.92 Å². The Hall–Kier alpha value is -3.35. The lowest BCUT2D eigenvalue weighted by atomic mass is 10.2. The van der Waals surface area contributed by atoms with Gasteiger partial charge in [-0.25, -0.2) is 4.98 Å². The molecule has 0 fully saturated rings. The zero-order chi connectivity index (χ0) is 16.0. The number of pyridine rings is 1. The molecule has 1 aromatic carbocycles. The minimum atomic E-state index is -0.301. The number of rotatable bonds is 2. The predicted molar refractivity (Wildman–Crippen MR) is 85.6 cm³/mol. The zero-order valence-electron chi connectivity index (χ0n) is 12.2. The third kappa shape index (κ3) is 2.10. The summed E-state index contributed by atoms with van der Waals surface area (Å²) >= 11 is 0. The van der Waals surface area contributed by atoms with Crippen LogP contribution >= 0.6 is 0 Å². The van der Waals surface area contributed by atoms with Gasteiger partial charge in [0.15, 0.2) is 5.82 Å². The van der Waals surface area contributed by atoms with Crippen molar-refractivity contribution < 1.29 is 9.90 Å². The number of amides is 1. The highest BCUT2D eigenvalue weighted by Crippen LogP contribution is 2.24. The van der Waals surface area contributed by atoms with Gasteiger partial charge in [0.05, 0.1) is 11.7 Å². The quantitative estimate of drug-likeness (QED) is 0.530. The highest BCUT2D eigenvalue weighted by atomic mass is 16.3. The monoisotopic (exact) mass is 307 g/mol. The van der Waals surface area contributed by atoms with E-state index < -0.39 is 0 Å². The summed E-state index contributed by atoms with van der Waals surface area (Å²) in [4.78, 5) is 16.8. The Bertz CT molecular complexity index is 1050. The van der Waals surface area contributed by atoms with Crippen molar-refractivity contribution >= 4 is 28.3 Å². The van der Waals surface area contributed by atoms with Gasteiger partial charge in [0, 0.05) is 17.6 Å². The first kappa shape index (κ1) is 13.3. The van der Waals surface area contributed by atoms with Crippen molar-refractivity contribution in [3.8, 4) is 5.75 Å². The SMILES string of the molecule is Cc1cccn2c(C(=O)Nc3n[nH]c4cc(O)ccc34)cnc12. The van der Waals surface area contributed by atoms with Crippen LogP contribution in [0.4, 0.5) is 5.82 Å². The van der Waals surface area contributed by atoms with Crippen LogP contribution < -0.4 is 5.32 Å². The number of carbonyl (C=O) groups is 1. The number of aromatic amines is 1. The van der Waals surface area contributed by atoms with E-state index in [1.165, 1.54) is 0 Å². The molecule has 7 heteroatoms. The van der Waals surface area contributed by atoms with E-state index in [-0.39, 0.29) is 11.7 Å². The normalized spacial score (nSPS) is 11.2. The van der Waals surface area contributed by atoms with Gasteiger partial charge in [-0.15, -0.1) is 0 Å². The summed E-state index contributed by atoms with van der Waals surface area (Å²) in [7, 11) is 0. The molecule has 7 nitrogen and oxygen atoms in total. The number of aromatic hydroxyl groups is 1. The van der Waals surface area contributed by atoms with Crippen LogP contribution in [0.2, 0.25) is 0 Å². The fourth-order valence-electron chi connectivity index (χ4n) is 2.59. The minimum Gasteiger partial charge on any atom is -0.508 e. The fourth-order valence-corrected chi connectivity index (χ4v) is 2.59. The molecule has 0 unspecified atom stereocenters. The summed E-state index contributed by atoms with van der Waals surface area (Å²) in [6.07, 6.45) is 3.34. The van der Waals surface area contributed by atoms with Crippen molar-refractivity contribution in [3.63, 3.8) is 0 Å². The summed E-state index contributed by atoms with van der Waals surface area (Å²) in [5.41, 5.74) is 2.81. The van der Waals surface area contributed by atoms with Gasteiger partial charge in [0.1, 0.15) is 17.1 Å². The van der Waals surface area contributed by atoms with Crippen LogP contribution in [0.15, 0.2) is 42.7 Å². The highest BCUT2D eigenvalue weighted by Gasteiger charge is 2.16. The molecular weight excluding hydrogens is 294 g/mol. The van der Waals surface area contributed by atoms with Crippen molar-refractivity contribution in [3.05, 3.63) is 54.0 Å². The molecule has 0 spiro atoms. The third-order valence-electron chi connectivity index (χ3n) is 3.74. The van der Waals surface area contributed by atoms with Crippen molar-refractivity contribution in [2.24, 2.45) is 0 Å². The number of H-pyrrole nitrogens is 1. The van der Waals surface area contributed by atoms with Crippen molar-refractivity contribution in [2.75, 3.05) is 5.32 Å². The van der Waals surface area contributed by atoms with Gasteiger partial charge < -0.3 is 10.4 Å². The Labute approximate surface area is 130 Å². The summed E-state index contributed by atoms with van der Waals surface area (Å²) < 4.78 is 1.74. The summed E-state index contributed by atoms with van der Waals surface area (Å²) in [6, 6.07) is 8.61. The number of anilines is 1. The van der Waals surface area contributed by atoms with Crippen LogP contribution in [0, 0.1) is 6.92 Å². The number of phenolic OH excluding ortho intramolecular Hbond substituents is 1. The lowest BCUT2D eigenvalue weighted by Crippen LogP contribution is -2.14. The maximum Gasteiger partial charge on any atom is 0.275 e. The second-order valence-corrected chi connectivity index (χ2v) is 5.28. The number of benzene rings is 1. The van der Waals surface area contributed by atoms with Crippen LogP contribution in [-0.4, -0.2) is 30.6 Å². The van der Waals surface area contributed by atoms with E-state index in [1.807, 2.05) is 19.1 Å². The molecule has 3 heterocycles. The van der Waals surface area contributed by atoms with Gasteiger partial charge in [-0.05, 0) is 30.7 Å². The van der Waals surface area contributed by atoms with Gasteiger partial charge >= 0.3 is 0 Å². The molecule has 0 atom stereocenters. The number of nitrogens with one attached hydrogen (secondary N) is 2. The first-order valence-electron chi connectivity index (χ1n) is 7.04. The molecule has 114 valence electrons. The third-order valence-corrected chi connectivity index (χ3v) is 3.74. The Balaban J connectivity index is 1.72. The van der Waals surface area contributed by atoms with E-state index in [4.69, 9.17) is 0 Å². The van der Waals surface area contributed by atoms with Gasteiger partial charge in [0.25, 0.3) is 5.91 Å². The van der Waals surface area contributed by atoms with Gasteiger partial charge in [-0.3, -0.25) is 14.3 Å². The molecule has 4 aromatic rings. The number of aryl methyl sites for hydroxylation is 1. The van der Waals surface area contributed by atoms with Crippen LogP contribution in [-0.2, 0) is 0 Å². The Morgan fingerprint density at radius 1 is 1.35 bits per heavy atom. The first-order chi connectivity index (χ1) is 11.1. The average Bonchev–Trinajstić information content (AvgIpc) is 3.12. The molecule has 0 radical (unpaired) electrons. The number of hydrogen-bond donors (Lipinski definition) is 3. The van der Waals surface area contributed by atoms with E-state index >= 15 is 0 Å². The highest BCUT2D eigenvalue weighted by molar-refractivity contribution is 6.07. The Morgan fingerprint density at radius 3 is 3.09 bits per heavy atom. The maximum atomic E-state index is 12.5. The molecule has 1 amide bonds. The summed E-state index contributed by atoms with van der Waals surface area (Å²) in [6.45, 7) is 1.94. The molecule has 3 N–H and O–H groups in total. The zero-order valence-corrected chi connectivity index (χ0v) is 12.2. The average molecular weight is 307 g/mol. The second-order valence-electron chi connectivity index (χ2n) is 5.28. The number of phenols is 1. The maximum absolute atomic E-state index is 12.5. The molecule has 23 heavy (non-hydrogen) atoms.